The maximum absolute atomic E-state index is 7.85. The van der Waals surface area contributed by atoms with Crippen LogP contribution >= 0.6 is 12.4 Å². The van der Waals surface area contributed by atoms with Crippen molar-refractivity contribution < 1.29 is 4.74 Å². The smallest absolute Gasteiger partial charge is 0.181 e. The molecule has 3 rings (SSSR count). The predicted octanol–water partition coefficient (Wildman–Crippen LogP) is 4.67. The molecule has 0 bridgehead atoms. The maximum Gasteiger partial charge on any atom is 0.181 e. The van der Waals surface area contributed by atoms with Gasteiger partial charge in [-0.3, -0.25) is 5.41 Å². The summed E-state index contributed by atoms with van der Waals surface area (Å²) < 4.78 is 6.06. The van der Waals surface area contributed by atoms with Gasteiger partial charge in [0.15, 0.2) is 5.90 Å². The van der Waals surface area contributed by atoms with Crippen molar-refractivity contribution in [1.82, 2.24) is 0 Å². The Morgan fingerprint density at radius 3 is 2.32 bits per heavy atom. The number of halogens is 1. The molecular formula is C16H22ClNO. The van der Waals surface area contributed by atoms with E-state index in [4.69, 9.17) is 10.1 Å². The Morgan fingerprint density at radius 1 is 1.05 bits per heavy atom. The number of benzene rings is 1. The standard InChI is InChI=1S/C16H21NO.ClH/c17-15-11-12-16(18-15,13-7-3-1-4-8-13)14-9-5-2-6-10-14;/h1,3-4,7-8,14,17H,2,5-6,9-12H2;1H. The Morgan fingerprint density at radius 2 is 1.74 bits per heavy atom. The molecule has 1 aromatic carbocycles. The Balaban J connectivity index is 0.00000133. The zero-order valence-corrected chi connectivity index (χ0v) is 12.0. The van der Waals surface area contributed by atoms with Gasteiger partial charge in [-0.05, 0) is 18.4 Å². The molecule has 1 N–H and O–H groups in total. The number of nitrogens with one attached hydrogen (secondary N) is 1. The van der Waals surface area contributed by atoms with E-state index in [9.17, 15) is 0 Å². The lowest BCUT2D eigenvalue weighted by Crippen LogP contribution is -2.36. The van der Waals surface area contributed by atoms with Crippen molar-refractivity contribution >= 4 is 18.3 Å². The molecule has 0 radical (unpaired) electrons. The monoisotopic (exact) mass is 279 g/mol. The molecule has 0 amide bonds. The van der Waals surface area contributed by atoms with Gasteiger partial charge in [0, 0.05) is 18.8 Å². The van der Waals surface area contributed by atoms with E-state index in [1.54, 1.807) is 0 Å². The average molecular weight is 280 g/mol. The van der Waals surface area contributed by atoms with Crippen molar-refractivity contribution in [3.63, 3.8) is 0 Å². The second kappa shape index (κ2) is 5.96. The van der Waals surface area contributed by atoms with Crippen molar-refractivity contribution in [3.8, 4) is 0 Å². The molecule has 1 saturated heterocycles. The Labute approximate surface area is 121 Å². The number of hydrogen-bond donors (Lipinski definition) is 1. The minimum absolute atomic E-state index is 0. The van der Waals surface area contributed by atoms with E-state index in [-0.39, 0.29) is 18.0 Å². The van der Waals surface area contributed by atoms with Gasteiger partial charge in [0.2, 0.25) is 0 Å². The second-order valence-electron chi connectivity index (χ2n) is 5.62. The molecule has 2 fully saturated rings. The van der Waals surface area contributed by atoms with Gasteiger partial charge in [-0.15, -0.1) is 12.4 Å². The maximum atomic E-state index is 7.85. The highest BCUT2D eigenvalue weighted by atomic mass is 35.5. The second-order valence-corrected chi connectivity index (χ2v) is 5.62. The van der Waals surface area contributed by atoms with Crippen LogP contribution in [0.25, 0.3) is 0 Å². The first-order valence-electron chi connectivity index (χ1n) is 7.13. The van der Waals surface area contributed by atoms with Crippen molar-refractivity contribution in [2.75, 3.05) is 0 Å². The summed E-state index contributed by atoms with van der Waals surface area (Å²) >= 11 is 0. The minimum Gasteiger partial charge on any atom is -0.470 e. The minimum atomic E-state index is -0.196. The molecule has 1 saturated carbocycles. The zero-order chi connectivity index (χ0) is 12.4. The van der Waals surface area contributed by atoms with E-state index < -0.39 is 0 Å². The first-order valence-corrected chi connectivity index (χ1v) is 7.13. The lowest BCUT2D eigenvalue weighted by molar-refractivity contribution is -0.00618. The lowest BCUT2D eigenvalue weighted by atomic mass is 9.72. The van der Waals surface area contributed by atoms with Crippen molar-refractivity contribution in [3.05, 3.63) is 35.9 Å². The summed E-state index contributed by atoms with van der Waals surface area (Å²) in [4.78, 5) is 0. The van der Waals surface area contributed by atoms with Gasteiger partial charge in [0.25, 0.3) is 0 Å². The molecule has 3 heteroatoms. The molecular weight excluding hydrogens is 258 g/mol. The van der Waals surface area contributed by atoms with Crippen LogP contribution in [-0.4, -0.2) is 5.90 Å². The average Bonchev–Trinajstić information content (AvgIpc) is 2.84. The van der Waals surface area contributed by atoms with E-state index in [1.807, 2.05) is 0 Å². The number of hydrogen-bond acceptors (Lipinski definition) is 2. The van der Waals surface area contributed by atoms with Gasteiger partial charge in [0.05, 0.1) is 0 Å². The highest BCUT2D eigenvalue weighted by molar-refractivity contribution is 5.85. The van der Waals surface area contributed by atoms with Gasteiger partial charge >= 0.3 is 0 Å². The molecule has 2 aliphatic rings. The molecule has 19 heavy (non-hydrogen) atoms. The third kappa shape index (κ3) is 2.64. The fraction of sp³-hybridized carbons (Fsp3) is 0.562. The van der Waals surface area contributed by atoms with Crippen LogP contribution in [0.1, 0.15) is 50.5 Å². The van der Waals surface area contributed by atoms with E-state index in [2.05, 4.69) is 30.3 Å². The fourth-order valence-corrected chi connectivity index (χ4v) is 3.64. The van der Waals surface area contributed by atoms with Crippen molar-refractivity contribution in [1.29, 1.82) is 5.41 Å². The number of rotatable bonds is 2. The molecule has 1 atom stereocenters. The van der Waals surface area contributed by atoms with Crippen LogP contribution in [0.4, 0.5) is 0 Å². The summed E-state index contributed by atoms with van der Waals surface area (Å²) in [5.41, 5.74) is 1.08. The summed E-state index contributed by atoms with van der Waals surface area (Å²) in [6.45, 7) is 0. The molecule has 1 aliphatic heterocycles. The molecule has 0 spiro atoms. The van der Waals surface area contributed by atoms with Crippen molar-refractivity contribution in [2.24, 2.45) is 5.92 Å². The topological polar surface area (TPSA) is 33.1 Å². The summed E-state index contributed by atoms with van der Waals surface area (Å²) in [7, 11) is 0. The lowest BCUT2D eigenvalue weighted by Gasteiger charge is -2.39. The third-order valence-corrected chi connectivity index (χ3v) is 4.56. The Hall–Kier alpha value is -1.02. The van der Waals surface area contributed by atoms with Crippen LogP contribution in [0.3, 0.4) is 0 Å². The molecule has 0 aromatic heterocycles. The fourth-order valence-electron chi connectivity index (χ4n) is 3.64. The quantitative estimate of drug-likeness (QED) is 0.838. The summed E-state index contributed by atoms with van der Waals surface area (Å²) in [5.74, 6) is 1.07. The largest absolute Gasteiger partial charge is 0.470 e. The van der Waals surface area contributed by atoms with Crippen LogP contribution in [0.2, 0.25) is 0 Å². The normalized spacial score (nSPS) is 27.7. The highest BCUT2D eigenvalue weighted by Crippen LogP contribution is 2.48. The van der Waals surface area contributed by atoms with Crippen molar-refractivity contribution in [2.45, 2.75) is 50.5 Å². The van der Waals surface area contributed by atoms with Gasteiger partial charge in [-0.2, -0.15) is 0 Å². The first kappa shape index (κ1) is 14.4. The van der Waals surface area contributed by atoms with Crippen LogP contribution in [-0.2, 0) is 10.3 Å². The highest BCUT2D eigenvalue weighted by Gasteiger charge is 2.46. The van der Waals surface area contributed by atoms with Crippen LogP contribution in [0.15, 0.2) is 30.3 Å². The summed E-state index contributed by atoms with van der Waals surface area (Å²) in [6.07, 6.45) is 8.28. The zero-order valence-electron chi connectivity index (χ0n) is 11.2. The third-order valence-electron chi connectivity index (χ3n) is 4.56. The SMILES string of the molecule is Cl.N=C1CCC(c2ccccc2)(C2CCCCC2)O1. The van der Waals surface area contributed by atoms with Crippen LogP contribution in [0.5, 0.6) is 0 Å². The van der Waals surface area contributed by atoms with E-state index in [0.717, 1.165) is 12.8 Å². The van der Waals surface area contributed by atoms with Gasteiger partial charge < -0.3 is 4.74 Å². The molecule has 104 valence electrons. The van der Waals surface area contributed by atoms with E-state index >= 15 is 0 Å². The Bertz CT molecular complexity index is 428. The van der Waals surface area contributed by atoms with E-state index in [0.29, 0.717) is 11.8 Å². The summed E-state index contributed by atoms with van der Waals surface area (Å²) in [5, 5.41) is 7.85. The molecule has 2 nitrogen and oxygen atoms in total. The van der Waals surface area contributed by atoms with Crippen LogP contribution < -0.4 is 0 Å². The summed E-state index contributed by atoms with van der Waals surface area (Å²) in [6, 6.07) is 10.6. The molecule has 1 heterocycles. The Kier molecular flexibility index (Phi) is 4.51. The van der Waals surface area contributed by atoms with Crippen LogP contribution in [0, 0.1) is 11.3 Å². The number of ether oxygens (including phenoxy) is 1. The predicted molar refractivity (Wildman–Crippen MR) is 80.0 cm³/mol. The molecule has 1 aliphatic carbocycles. The van der Waals surface area contributed by atoms with Gasteiger partial charge in [-0.1, -0.05) is 49.6 Å². The molecule has 1 unspecified atom stereocenters. The van der Waals surface area contributed by atoms with Gasteiger partial charge in [0.1, 0.15) is 5.60 Å². The first-order chi connectivity index (χ1) is 8.81. The van der Waals surface area contributed by atoms with Gasteiger partial charge in [-0.25, -0.2) is 0 Å². The molecule has 1 aromatic rings. The van der Waals surface area contributed by atoms with E-state index in [1.165, 1.54) is 37.7 Å².